The van der Waals surface area contributed by atoms with Crippen LogP contribution in [0.4, 0.5) is 11.8 Å². The van der Waals surface area contributed by atoms with Crippen LogP contribution in [0.15, 0.2) is 24.3 Å². The highest BCUT2D eigenvalue weighted by molar-refractivity contribution is 5.88. The van der Waals surface area contributed by atoms with Gasteiger partial charge in [-0.05, 0) is 18.7 Å². The number of aliphatic hydroxyl groups excluding tert-OH is 1. The number of anilines is 2. The highest BCUT2D eigenvalue weighted by Crippen LogP contribution is 2.18. The summed E-state index contributed by atoms with van der Waals surface area (Å²) in [4.78, 5) is 10.8. The van der Waals surface area contributed by atoms with Gasteiger partial charge in [-0.1, -0.05) is 19.1 Å². The minimum Gasteiger partial charge on any atom is -0.395 e. The van der Waals surface area contributed by atoms with Gasteiger partial charge in [0.25, 0.3) is 0 Å². The fraction of sp³-hybridized carbons (Fsp3) is 0.429. The van der Waals surface area contributed by atoms with Crippen molar-refractivity contribution in [2.75, 3.05) is 43.8 Å². The summed E-state index contributed by atoms with van der Waals surface area (Å²) >= 11 is 0. The Balaban J connectivity index is 2.00. The van der Waals surface area contributed by atoms with E-state index in [1.165, 1.54) is 0 Å². The molecule has 0 unspecified atom stereocenters. The number of nitrogens with one attached hydrogen (secondary N) is 1. The van der Waals surface area contributed by atoms with Gasteiger partial charge < -0.3 is 16.2 Å². The molecule has 6 nitrogen and oxygen atoms in total. The van der Waals surface area contributed by atoms with Gasteiger partial charge in [-0.15, -0.1) is 0 Å². The maximum Gasteiger partial charge on any atom is 0.225 e. The average molecular weight is 275 g/mol. The number of fused-ring (bicyclic) bond motifs is 1. The molecule has 0 aliphatic heterocycles. The van der Waals surface area contributed by atoms with Crippen molar-refractivity contribution in [3.8, 4) is 0 Å². The molecule has 0 saturated heterocycles. The van der Waals surface area contributed by atoms with Crippen LogP contribution in [0, 0.1) is 0 Å². The third-order valence-corrected chi connectivity index (χ3v) is 3.21. The first kappa shape index (κ1) is 14.5. The van der Waals surface area contributed by atoms with Gasteiger partial charge in [0.05, 0.1) is 12.1 Å². The first-order chi connectivity index (χ1) is 9.74. The highest BCUT2D eigenvalue weighted by atomic mass is 16.3. The Bertz CT molecular complexity index is 560. The molecule has 4 N–H and O–H groups in total. The van der Waals surface area contributed by atoms with Crippen LogP contribution in [0.5, 0.6) is 0 Å². The number of hydrogen-bond acceptors (Lipinski definition) is 6. The van der Waals surface area contributed by atoms with Gasteiger partial charge >= 0.3 is 0 Å². The highest BCUT2D eigenvalue weighted by Gasteiger charge is 2.05. The van der Waals surface area contributed by atoms with E-state index in [9.17, 15) is 0 Å². The van der Waals surface area contributed by atoms with Gasteiger partial charge in [0.2, 0.25) is 5.95 Å². The molecule has 2 aromatic rings. The topological polar surface area (TPSA) is 87.3 Å². The molecule has 0 bridgehead atoms. The Labute approximate surface area is 118 Å². The van der Waals surface area contributed by atoms with E-state index in [-0.39, 0.29) is 6.61 Å². The Kier molecular flexibility index (Phi) is 5.09. The van der Waals surface area contributed by atoms with Crippen molar-refractivity contribution in [3.05, 3.63) is 24.3 Å². The second kappa shape index (κ2) is 7.02. The van der Waals surface area contributed by atoms with Crippen LogP contribution in [0.3, 0.4) is 0 Å². The van der Waals surface area contributed by atoms with Gasteiger partial charge in [0.15, 0.2) is 0 Å². The summed E-state index contributed by atoms with van der Waals surface area (Å²) < 4.78 is 0. The lowest BCUT2D eigenvalue weighted by Crippen LogP contribution is -2.31. The van der Waals surface area contributed by atoms with Crippen LogP contribution >= 0.6 is 0 Å². The van der Waals surface area contributed by atoms with Crippen molar-refractivity contribution in [2.24, 2.45) is 0 Å². The Morgan fingerprint density at radius 3 is 2.80 bits per heavy atom. The number of nitrogens with zero attached hydrogens (tertiary/aromatic N) is 3. The monoisotopic (exact) mass is 275 g/mol. The molecule has 0 aliphatic rings. The molecular weight excluding hydrogens is 254 g/mol. The van der Waals surface area contributed by atoms with E-state index in [4.69, 9.17) is 10.8 Å². The number of likely N-dealkylation sites (N-methyl/N-ethyl adjacent to an activating group) is 1. The minimum absolute atomic E-state index is 0.174. The first-order valence-corrected chi connectivity index (χ1v) is 6.84. The predicted molar refractivity (Wildman–Crippen MR) is 81.6 cm³/mol. The van der Waals surface area contributed by atoms with E-state index in [2.05, 4.69) is 27.1 Å². The summed E-state index contributed by atoms with van der Waals surface area (Å²) in [6, 6.07) is 7.68. The van der Waals surface area contributed by atoms with Crippen molar-refractivity contribution in [1.29, 1.82) is 0 Å². The molecule has 0 saturated carbocycles. The number of aromatic nitrogens is 2. The van der Waals surface area contributed by atoms with Crippen LogP contribution in [0.1, 0.15) is 6.92 Å². The zero-order chi connectivity index (χ0) is 14.4. The molecule has 0 fully saturated rings. The second-order valence-corrected chi connectivity index (χ2v) is 4.53. The molecule has 6 heteroatoms. The predicted octanol–water partition coefficient (Wildman–Crippen LogP) is 0.938. The molecule has 20 heavy (non-hydrogen) atoms. The number of benzene rings is 1. The molecule has 0 spiro atoms. The van der Waals surface area contributed by atoms with Crippen molar-refractivity contribution < 1.29 is 5.11 Å². The molecule has 0 aliphatic carbocycles. The van der Waals surface area contributed by atoms with E-state index in [0.29, 0.717) is 24.9 Å². The van der Waals surface area contributed by atoms with Gasteiger partial charge in [0.1, 0.15) is 5.82 Å². The lowest BCUT2D eigenvalue weighted by atomic mass is 10.2. The number of para-hydroxylation sites is 1. The van der Waals surface area contributed by atoms with Crippen LogP contribution in [0.25, 0.3) is 10.9 Å². The van der Waals surface area contributed by atoms with Crippen LogP contribution in [-0.4, -0.2) is 52.8 Å². The third-order valence-electron chi connectivity index (χ3n) is 3.21. The van der Waals surface area contributed by atoms with Gasteiger partial charge in [-0.2, -0.15) is 4.98 Å². The van der Waals surface area contributed by atoms with Gasteiger partial charge in [-0.25, -0.2) is 4.98 Å². The number of aliphatic hydroxyl groups is 1. The standard InChI is InChI=1S/C14H21N5O/c1-2-19(9-10-20)8-7-16-14-17-12-6-4-3-5-11(12)13(15)18-14/h3-6,20H,2,7-10H2,1H3,(H3,15,16,17,18). The van der Waals surface area contributed by atoms with E-state index in [1.54, 1.807) is 0 Å². The van der Waals surface area contributed by atoms with Crippen LogP contribution in [-0.2, 0) is 0 Å². The maximum absolute atomic E-state index is 8.94. The number of hydrogen-bond donors (Lipinski definition) is 3. The third kappa shape index (κ3) is 3.55. The smallest absolute Gasteiger partial charge is 0.225 e. The summed E-state index contributed by atoms with van der Waals surface area (Å²) in [6.45, 7) is 5.37. The van der Waals surface area contributed by atoms with E-state index >= 15 is 0 Å². The second-order valence-electron chi connectivity index (χ2n) is 4.53. The average Bonchev–Trinajstić information content (AvgIpc) is 2.46. The van der Waals surface area contributed by atoms with Crippen LogP contribution < -0.4 is 11.1 Å². The molecule has 1 heterocycles. The molecule has 108 valence electrons. The fourth-order valence-corrected chi connectivity index (χ4v) is 2.08. The van der Waals surface area contributed by atoms with Crippen LogP contribution in [0.2, 0.25) is 0 Å². The number of nitrogen functional groups attached to an aromatic ring is 1. The van der Waals surface area contributed by atoms with Crippen molar-refractivity contribution in [2.45, 2.75) is 6.92 Å². The van der Waals surface area contributed by atoms with Crippen molar-refractivity contribution >= 4 is 22.7 Å². The molecule has 1 aromatic heterocycles. The number of rotatable bonds is 7. The molecule has 2 rings (SSSR count). The Morgan fingerprint density at radius 2 is 2.05 bits per heavy atom. The summed E-state index contributed by atoms with van der Waals surface area (Å²) in [7, 11) is 0. The summed E-state index contributed by atoms with van der Waals surface area (Å²) in [6.07, 6.45) is 0. The maximum atomic E-state index is 8.94. The van der Waals surface area contributed by atoms with Gasteiger partial charge in [0, 0.05) is 25.0 Å². The molecular formula is C14H21N5O. The molecule has 0 amide bonds. The Hall–Kier alpha value is -1.92. The zero-order valence-corrected chi connectivity index (χ0v) is 11.7. The molecule has 0 atom stereocenters. The normalized spacial score (nSPS) is 11.2. The lowest BCUT2D eigenvalue weighted by Gasteiger charge is -2.19. The van der Waals surface area contributed by atoms with E-state index in [1.807, 2.05) is 24.3 Å². The fourth-order valence-electron chi connectivity index (χ4n) is 2.08. The SMILES string of the molecule is CCN(CCO)CCNc1nc(N)c2ccccc2n1. The first-order valence-electron chi connectivity index (χ1n) is 6.84. The van der Waals surface area contributed by atoms with E-state index < -0.39 is 0 Å². The molecule has 0 radical (unpaired) electrons. The summed E-state index contributed by atoms with van der Waals surface area (Å²) in [5.74, 6) is 1.03. The summed E-state index contributed by atoms with van der Waals surface area (Å²) in [5.41, 5.74) is 6.77. The van der Waals surface area contributed by atoms with E-state index in [0.717, 1.165) is 24.0 Å². The lowest BCUT2D eigenvalue weighted by molar-refractivity contribution is 0.206. The zero-order valence-electron chi connectivity index (χ0n) is 11.7. The minimum atomic E-state index is 0.174. The number of nitrogens with two attached hydrogens (primary N) is 1. The van der Waals surface area contributed by atoms with Crippen molar-refractivity contribution in [1.82, 2.24) is 14.9 Å². The quantitative estimate of drug-likeness (QED) is 0.697. The summed E-state index contributed by atoms with van der Waals surface area (Å²) in [5, 5.41) is 13.0. The molecule has 1 aromatic carbocycles. The van der Waals surface area contributed by atoms with Gasteiger partial charge in [-0.3, -0.25) is 4.90 Å². The van der Waals surface area contributed by atoms with Crippen molar-refractivity contribution in [3.63, 3.8) is 0 Å². The largest absolute Gasteiger partial charge is 0.395 e. The Morgan fingerprint density at radius 1 is 1.25 bits per heavy atom.